The van der Waals surface area contributed by atoms with E-state index in [1.54, 1.807) is 0 Å². The molecule has 2 heterocycles. The molecule has 4 nitrogen and oxygen atoms in total. The van der Waals surface area contributed by atoms with E-state index in [1.165, 1.54) is 25.7 Å². The van der Waals surface area contributed by atoms with E-state index in [4.69, 9.17) is 4.74 Å². The standard InChI is InChI=1S/C12H21N3O/c1(2-7-15-8-6-13-11-15)5-14-12-3-9-16-10-4-12/h6,8,11-12,14H,1-5,7,9-10H2. The summed E-state index contributed by atoms with van der Waals surface area (Å²) in [7, 11) is 0. The summed E-state index contributed by atoms with van der Waals surface area (Å²) in [6.45, 7) is 4.05. The first-order valence-corrected chi connectivity index (χ1v) is 6.22. The molecule has 1 N–H and O–H groups in total. The smallest absolute Gasteiger partial charge is 0.0945 e. The molecule has 2 rings (SSSR count). The van der Waals surface area contributed by atoms with Gasteiger partial charge in [0.2, 0.25) is 0 Å². The zero-order valence-corrected chi connectivity index (χ0v) is 9.77. The Labute approximate surface area is 97.0 Å². The maximum atomic E-state index is 5.33. The molecule has 1 fully saturated rings. The van der Waals surface area contributed by atoms with Gasteiger partial charge in [0.05, 0.1) is 6.33 Å². The van der Waals surface area contributed by atoms with Gasteiger partial charge in [-0.25, -0.2) is 4.98 Å². The zero-order chi connectivity index (χ0) is 11.1. The second-order valence-electron chi connectivity index (χ2n) is 4.35. The minimum Gasteiger partial charge on any atom is -0.381 e. The molecule has 90 valence electrons. The van der Waals surface area contributed by atoms with Gasteiger partial charge < -0.3 is 14.6 Å². The van der Waals surface area contributed by atoms with Gasteiger partial charge in [0.15, 0.2) is 0 Å². The number of ether oxygens (including phenoxy) is 1. The largest absolute Gasteiger partial charge is 0.381 e. The summed E-state index contributed by atoms with van der Waals surface area (Å²) in [4.78, 5) is 4.03. The first kappa shape index (κ1) is 11.6. The van der Waals surface area contributed by atoms with Crippen molar-refractivity contribution in [3.63, 3.8) is 0 Å². The Morgan fingerprint density at radius 3 is 2.94 bits per heavy atom. The van der Waals surface area contributed by atoms with Gasteiger partial charge >= 0.3 is 0 Å². The van der Waals surface area contributed by atoms with Gasteiger partial charge in [-0.2, -0.15) is 0 Å². The Hall–Kier alpha value is -0.870. The summed E-state index contributed by atoms with van der Waals surface area (Å²) >= 11 is 0. The summed E-state index contributed by atoms with van der Waals surface area (Å²) < 4.78 is 7.46. The molecule has 1 aliphatic heterocycles. The highest BCUT2D eigenvalue weighted by Crippen LogP contribution is 2.06. The molecule has 0 radical (unpaired) electrons. The van der Waals surface area contributed by atoms with Crippen LogP contribution in [0.4, 0.5) is 0 Å². The summed E-state index contributed by atoms with van der Waals surface area (Å²) in [6.07, 6.45) is 10.5. The monoisotopic (exact) mass is 223 g/mol. The van der Waals surface area contributed by atoms with Crippen LogP contribution in [0.25, 0.3) is 0 Å². The molecule has 0 aromatic carbocycles. The third-order valence-electron chi connectivity index (χ3n) is 3.06. The lowest BCUT2D eigenvalue weighted by Gasteiger charge is -2.23. The van der Waals surface area contributed by atoms with Crippen molar-refractivity contribution in [2.24, 2.45) is 0 Å². The first-order chi connectivity index (χ1) is 7.95. The van der Waals surface area contributed by atoms with E-state index < -0.39 is 0 Å². The van der Waals surface area contributed by atoms with Crippen LogP contribution in [0.2, 0.25) is 0 Å². The molecule has 0 saturated carbocycles. The van der Waals surface area contributed by atoms with Crippen molar-refractivity contribution >= 4 is 0 Å². The number of hydrogen-bond donors (Lipinski definition) is 1. The minimum absolute atomic E-state index is 0.682. The van der Waals surface area contributed by atoms with Crippen molar-refractivity contribution < 1.29 is 4.74 Å². The SMILES string of the molecule is c1cn(CCCCNC2CCOCC2)cn1. The fraction of sp³-hybridized carbons (Fsp3) is 0.750. The van der Waals surface area contributed by atoms with Gasteiger partial charge in [-0.05, 0) is 32.2 Å². The molecule has 16 heavy (non-hydrogen) atoms. The van der Waals surface area contributed by atoms with Crippen LogP contribution >= 0.6 is 0 Å². The van der Waals surface area contributed by atoms with E-state index >= 15 is 0 Å². The van der Waals surface area contributed by atoms with Crippen LogP contribution < -0.4 is 5.32 Å². The van der Waals surface area contributed by atoms with Gasteiger partial charge in [0.1, 0.15) is 0 Å². The molecule has 0 bridgehead atoms. The van der Waals surface area contributed by atoms with Crippen molar-refractivity contribution in [3.05, 3.63) is 18.7 Å². The van der Waals surface area contributed by atoms with Gasteiger partial charge in [-0.15, -0.1) is 0 Å². The molecule has 0 amide bonds. The second-order valence-corrected chi connectivity index (χ2v) is 4.35. The molecule has 1 saturated heterocycles. The second kappa shape index (κ2) is 6.66. The van der Waals surface area contributed by atoms with E-state index in [0.29, 0.717) is 6.04 Å². The van der Waals surface area contributed by atoms with Crippen LogP contribution in [0.1, 0.15) is 25.7 Å². The number of nitrogens with zero attached hydrogens (tertiary/aromatic N) is 2. The van der Waals surface area contributed by atoms with Crippen molar-refractivity contribution in [2.75, 3.05) is 19.8 Å². The number of nitrogens with one attached hydrogen (secondary N) is 1. The Morgan fingerprint density at radius 2 is 2.19 bits per heavy atom. The zero-order valence-electron chi connectivity index (χ0n) is 9.77. The minimum atomic E-state index is 0.682. The van der Waals surface area contributed by atoms with E-state index in [2.05, 4.69) is 14.9 Å². The Balaban J connectivity index is 1.48. The number of aryl methyl sites for hydroxylation is 1. The van der Waals surface area contributed by atoms with Gasteiger partial charge in [0, 0.05) is 38.2 Å². The first-order valence-electron chi connectivity index (χ1n) is 6.22. The third-order valence-corrected chi connectivity index (χ3v) is 3.06. The molecular weight excluding hydrogens is 202 g/mol. The molecule has 1 aromatic rings. The Bertz CT molecular complexity index is 268. The van der Waals surface area contributed by atoms with Crippen molar-refractivity contribution in [1.82, 2.24) is 14.9 Å². The Kier molecular flexibility index (Phi) is 4.83. The quantitative estimate of drug-likeness (QED) is 0.742. The highest BCUT2D eigenvalue weighted by atomic mass is 16.5. The third kappa shape index (κ3) is 3.94. The van der Waals surface area contributed by atoms with Crippen molar-refractivity contribution in [1.29, 1.82) is 0 Å². The van der Waals surface area contributed by atoms with Crippen LogP contribution in [-0.4, -0.2) is 35.4 Å². The van der Waals surface area contributed by atoms with Gasteiger partial charge in [-0.3, -0.25) is 0 Å². The summed E-state index contributed by atoms with van der Waals surface area (Å²) in [5.41, 5.74) is 0. The van der Waals surface area contributed by atoms with Crippen molar-refractivity contribution in [3.8, 4) is 0 Å². The van der Waals surface area contributed by atoms with Gasteiger partial charge in [-0.1, -0.05) is 0 Å². The number of unbranched alkanes of at least 4 members (excludes halogenated alkanes) is 1. The lowest BCUT2D eigenvalue weighted by molar-refractivity contribution is 0.0780. The number of rotatable bonds is 6. The predicted molar refractivity (Wildman–Crippen MR) is 63.3 cm³/mol. The van der Waals surface area contributed by atoms with Crippen molar-refractivity contribution in [2.45, 2.75) is 38.3 Å². The molecule has 0 aliphatic carbocycles. The van der Waals surface area contributed by atoms with E-state index in [1.807, 2.05) is 18.7 Å². The van der Waals surface area contributed by atoms with E-state index in [9.17, 15) is 0 Å². The van der Waals surface area contributed by atoms with Crippen LogP contribution in [0, 0.1) is 0 Å². The lowest BCUT2D eigenvalue weighted by Crippen LogP contribution is -2.35. The van der Waals surface area contributed by atoms with Crippen LogP contribution in [-0.2, 0) is 11.3 Å². The highest BCUT2D eigenvalue weighted by Gasteiger charge is 2.11. The molecule has 0 atom stereocenters. The van der Waals surface area contributed by atoms with Crippen LogP contribution in [0.5, 0.6) is 0 Å². The lowest BCUT2D eigenvalue weighted by atomic mass is 10.1. The molecule has 0 unspecified atom stereocenters. The van der Waals surface area contributed by atoms with Crippen LogP contribution in [0.15, 0.2) is 18.7 Å². The highest BCUT2D eigenvalue weighted by molar-refractivity contribution is 4.74. The summed E-state index contributed by atoms with van der Waals surface area (Å²) in [5.74, 6) is 0. The number of aromatic nitrogens is 2. The normalized spacial score (nSPS) is 17.8. The molecule has 1 aliphatic rings. The topological polar surface area (TPSA) is 39.1 Å². The average Bonchev–Trinajstić information content (AvgIpc) is 2.83. The van der Waals surface area contributed by atoms with Crippen LogP contribution in [0.3, 0.4) is 0 Å². The van der Waals surface area contributed by atoms with E-state index in [-0.39, 0.29) is 0 Å². The summed E-state index contributed by atoms with van der Waals surface area (Å²) in [5, 5.41) is 3.60. The average molecular weight is 223 g/mol. The fourth-order valence-electron chi connectivity index (χ4n) is 2.05. The number of imidazole rings is 1. The summed E-state index contributed by atoms with van der Waals surface area (Å²) in [6, 6.07) is 0.682. The predicted octanol–water partition coefficient (Wildman–Crippen LogP) is 1.43. The maximum absolute atomic E-state index is 5.33. The van der Waals surface area contributed by atoms with E-state index in [0.717, 1.165) is 26.3 Å². The molecular formula is C12H21N3O. The maximum Gasteiger partial charge on any atom is 0.0945 e. The molecule has 4 heteroatoms. The van der Waals surface area contributed by atoms with Gasteiger partial charge in [0.25, 0.3) is 0 Å². The fourth-order valence-corrected chi connectivity index (χ4v) is 2.05. The molecule has 0 spiro atoms. The molecule has 1 aromatic heterocycles. The Morgan fingerprint density at radius 1 is 1.31 bits per heavy atom. The number of hydrogen-bond acceptors (Lipinski definition) is 3.